The molecule has 0 aliphatic rings. The van der Waals surface area contributed by atoms with Crippen molar-refractivity contribution in [3.05, 3.63) is 28.1 Å². The summed E-state index contributed by atoms with van der Waals surface area (Å²) in [5.41, 5.74) is 0.00593. The molecule has 100 valence electrons. The molecule has 0 radical (unpaired) electrons. The molecule has 0 spiro atoms. The average Bonchev–Trinajstić information content (AvgIpc) is 2.69. The van der Waals surface area contributed by atoms with Crippen LogP contribution in [0, 0.1) is 10.1 Å². The Hall–Kier alpha value is -1.93. The molecule has 1 heterocycles. The van der Waals surface area contributed by atoms with Gasteiger partial charge < -0.3 is 19.7 Å². The van der Waals surface area contributed by atoms with E-state index in [-0.39, 0.29) is 24.5 Å². The summed E-state index contributed by atoms with van der Waals surface area (Å²) in [6.07, 6.45) is 0.440. The van der Waals surface area contributed by atoms with Crippen LogP contribution in [0.4, 0.5) is 5.69 Å². The summed E-state index contributed by atoms with van der Waals surface area (Å²) in [4.78, 5) is 21.7. The summed E-state index contributed by atoms with van der Waals surface area (Å²) in [5.74, 6) is -0.485. The van der Waals surface area contributed by atoms with E-state index in [1.54, 1.807) is 0 Å². The Labute approximate surface area is 103 Å². The lowest BCUT2D eigenvalue weighted by Gasteiger charge is -2.10. The monoisotopic (exact) mass is 257 g/mol. The summed E-state index contributed by atoms with van der Waals surface area (Å²) in [7, 11) is 2.97. The fraction of sp³-hybridized carbons (Fsp3) is 0.500. The summed E-state index contributed by atoms with van der Waals surface area (Å²) < 4.78 is 6.06. The Bertz CT molecular complexity index is 443. The number of aryl methyl sites for hydroxylation is 1. The third kappa shape index (κ3) is 3.54. The van der Waals surface area contributed by atoms with Crippen molar-refractivity contribution in [2.24, 2.45) is 7.05 Å². The smallest absolute Gasteiger partial charge is 0.287 e. The van der Waals surface area contributed by atoms with Gasteiger partial charge in [-0.05, 0) is 0 Å². The molecule has 0 saturated heterocycles. The maximum atomic E-state index is 11.7. The van der Waals surface area contributed by atoms with Gasteiger partial charge in [-0.1, -0.05) is 0 Å². The number of aliphatic hydroxyl groups is 1. The average molecular weight is 257 g/mol. The van der Waals surface area contributed by atoms with Crippen molar-refractivity contribution in [3.8, 4) is 0 Å². The van der Waals surface area contributed by atoms with E-state index in [9.17, 15) is 20.0 Å². The van der Waals surface area contributed by atoms with Crippen molar-refractivity contribution in [3.63, 3.8) is 0 Å². The van der Waals surface area contributed by atoms with Gasteiger partial charge in [-0.3, -0.25) is 14.9 Å². The first kappa shape index (κ1) is 14.1. The molecule has 1 rings (SSSR count). The first-order valence-electron chi connectivity index (χ1n) is 5.21. The largest absolute Gasteiger partial charge is 0.389 e. The molecule has 8 heteroatoms. The molecule has 1 amide bonds. The molecular weight excluding hydrogens is 242 g/mol. The summed E-state index contributed by atoms with van der Waals surface area (Å²) >= 11 is 0. The van der Waals surface area contributed by atoms with Crippen LogP contribution in [0.25, 0.3) is 0 Å². The van der Waals surface area contributed by atoms with Crippen molar-refractivity contribution in [1.82, 2.24) is 9.88 Å². The second kappa shape index (κ2) is 6.12. The Balaban J connectivity index is 2.64. The van der Waals surface area contributed by atoms with Gasteiger partial charge in [0.05, 0.1) is 23.8 Å². The minimum absolute atomic E-state index is 0.0195. The number of carbonyl (C=O) groups excluding carboxylic acids is 1. The van der Waals surface area contributed by atoms with Crippen LogP contribution in [0.15, 0.2) is 12.3 Å². The van der Waals surface area contributed by atoms with E-state index in [0.717, 1.165) is 0 Å². The maximum Gasteiger partial charge on any atom is 0.287 e. The van der Waals surface area contributed by atoms with Gasteiger partial charge in [0.2, 0.25) is 0 Å². The number of aromatic nitrogens is 1. The molecule has 2 N–H and O–H groups in total. The number of nitrogens with one attached hydrogen (secondary N) is 1. The van der Waals surface area contributed by atoms with Crippen LogP contribution in [0.5, 0.6) is 0 Å². The van der Waals surface area contributed by atoms with Gasteiger partial charge in [0, 0.05) is 26.8 Å². The number of aliphatic hydroxyl groups excluding tert-OH is 1. The first-order chi connectivity index (χ1) is 8.45. The molecule has 18 heavy (non-hydrogen) atoms. The van der Waals surface area contributed by atoms with E-state index in [1.165, 1.54) is 31.0 Å². The SMILES string of the molecule is COCC(O)CNC(=O)c1cc([N+](=O)[O-])cn1C. The highest BCUT2D eigenvalue weighted by Gasteiger charge is 2.17. The number of ether oxygens (including phenoxy) is 1. The number of hydrogen-bond donors (Lipinski definition) is 2. The number of methoxy groups -OCH3 is 1. The lowest BCUT2D eigenvalue weighted by molar-refractivity contribution is -0.384. The zero-order valence-corrected chi connectivity index (χ0v) is 10.1. The van der Waals surface area contributed by atoms with Gasteiger partial charge in [0.1, 0.15) is 5.69 Å². The topological polar surface area (TPSA) is 107 Å². The summed E-state index contributed by atoms with van der Waals surface area (Å²) in [5, 5.41) is 22.4. The van der Waals surface area contributed by atoms with Crippen LogP contribution in [-0.4, -0.2) is 46.9 Å². The Morgan fingerprint density at radius 3 is 2.89 bits per heavy atom. The lowest BCUT2D eigenvalue weighted by atomic mass is 10.3. The molecule has 0 fully saturated rings. The van der Waals surface area contributed by atoms with Gasteiger partial charge in [0.25, 0.3) is 11.6 Å². The number of rotatable bonds is 6. The molecule has 1 aromatic heterocycles. The Morgan fingerprint density at radius 2 is 2.39 bits per heavy atom. The molecule has 1 unspecified atom stereocenters. The predicted octanol–water partition coefficient (Wildman–Crippen LogP) is -0.330. The van der Waals surface area contributed by atoms with Gasteiger partial charge in [-0.25, -0.2) is 0 Å². The molecule has 0 aromatic carbocycles. The van der Waals surface area contributed by atoms with Crippen LogP contribution < -0.4 is 5.32 Å². The minimum Gasteiger partial charge on any atom is -0.389 e. The van der Waals surface area contributed by atoms with E-state index < -0.39 is 16.9 Å². The van der Waals surface area contributed by atoms with Gasteiger partial charge in [0.15, 0.2) is 0 Å². The molecule has 0 bridgehead atoms. The zero-order chi connectivity index (χ0) is 13.7. The Kier molecular flexibility index (Phi) is 4.81. The molecule has 0 saturated carbocycles. The fourth-order valence-electron chi connectivity index (χ4n) is 1.43. The van der Waals surface area contributed by atoms with Crippen LogP contribution in [0.2, 0.25) is 0 Å². The maximum absolute atomic E-state index is 11.7. The van der Waals surface area contributed by atoms with Crippen molar-refractivity contribution >= 4 is 11.6 Å². The third-order valence-electron chi connectivity index (χ3n) is 2.29. The molecule has 0 aliphatic carbocycles. The van der Waals surface area contributed by atoms with E-state index in [2.05, 4.69) is 5.32 Å². The van der Waals surface area contributed by atoms with E-state index >= 15 is 0 Å². The normalized spacial score (nSPS) is 12.2. The standard InChI is InChI=1S/C10H15N3O5/c1-12-5-7(13(16)17)3-9(12)10(15)11-4-8(14)6-18-2/h3,5,8,14H,4,6H2,1-2H3,(H,11,15). The molecule has 1 aromatic rings. The second-order valence-electron chi connectivity index (χ2n) is 3.77. The third-order valence-corrected chi connectivity index (χ3v) is 2.29. The quantitative estimate of drug-likeness (QED) is 0.536. The number of nitrogens with zero attached hydrogens (tertiary/aromatic N) is 2. The van der Waals surface area contributed by atoms with Crippen molar-refractivity contribution in [2.45, 2.75) is 6.10 Å². The number of nitro groups is 1. The Morgan fingerprint density at radius 1 is 1.72 bits per heavy atom. The summed E-state index contributed by atoms with van der Waals surface area (Å²) in [6, 6.07) is 1.18. The van der Waals surface area contributed by atoms with Crippen molar-refractivity contribution in [1.29, 1.82) is 0 Å². The number of hydrogen-bond acceptors (Lipinski definition) is 5. The number of amides is 1. The van der Waals surface area contributed by atoms with Gasteiger partial charge >= 0.3 is 0 Å². The van der Waals surface area contributed by atoms with Gasteiger partial charge in [-0.2, -0.15) is 0 Å². The summed E-state index contributed by atoms with van der Waals surface area (Å²) in [6.45, 7) is 0.124. The second-order valence-corrected chi connectivity index (χ2v) is 3.77. The highest BCUT2D eigenvalue weighted by Crippen LogP contribution is 2.14. The van der Waals surface area contributed by atoms with Crippen LogP contribution in [0.1, 0.15) is 10.5 Å². The molecule has 0 aliphatic heterocycles. The fourth-order valence-corrected chi connectivity index (χ4v) is 1.43. The van der Waals surface area contributed by atoms with E-state index in [0.29, 0.717) is 0 Å². The van der Waals surface area contributed by atoms with Crippen LogP contribution in [0.3, 0.4) is 0 Å². The number of carbonyl (C=O) groups is 1. The first-order valence-corrected chi connectivity index (χ1v) is 5.21. The van der Waals surface area contributed by atoms with Crippen molar-refractivity contribution < 1.29 is 19.6 Å². The molecule has 1 atom stereocenters. The van der Waals surface area contributed by atoms with Gasteiger partial charge in [-0.15, -0.1) is 0 Å². The van der Waals surface area contributed by atoms with E-state index in [1.807, 2.05) is 0 Å². The minimum atomic E-state index is -0.811. The van der Waals surface area contributed by atoms with E-state index in [4.69, 9.17) is 4.74 Å². The molecular formula is C10H15N3O5. The predicted molar refractivity (Wildman–Crippen MR) is 62.3 cm³/mol. The van der Waals surface area contributed by atoms with Crippen LogP contribution in [-0.2, 0) is 11.8 Å². The highest BCUT2D eigenvalue weighted by atomic mass is 16.6. The lowest BCUT2D eigenvalue weighted by Crippen LogP contribution is -2.35. The highest BCUT2D eigenvalue weighted by molar-refractivity contribution is 5.93. The van der Waals surface area contributed by atoms with Crippen LogP contribution >= 0.6 is 0 Å². The van der Waals surface area contributed by atoms with Crippen molar-refractivity contribution in [2.75, 3.05) is 20.3 Å². The molecule has 8 nitrogen and oxygen atoms in total. The zero-order valence-electron chi connectivity index (χ0n) is 10.1.